The fraction of sp³-hybridized carbons (Fsp3) is 0.214. The molecule has 5 heteroatoms. The average molecular weight is 274 g/mol. The van der Waals surface area contributed by atoms with Gasteiger partial charge in [0.05, 0.1) is 0 Å². The lowest BCUT2D eigenvalue weighted by Crippen LogP contribution is -2.19. The van der Waals surface area contributed by atoms with Gasteiger partial charge in [0.15, 0.2) is 5.16 Å². The standard InChI is InChI=1S/C14H14N2O2S/c1-10-7-8-15-14(16-10)19-12(13(17)18)9-11-5-3-2-4-6-11/h2-8,12H,9H2,1H3,(H,17,18). The molecular formula is C14H14N2O2S. The fourth-order valence-electron chi connectivity index (χ4n) is 1.62. The van der Waals surface area contributed by atoms with Crippen LogP contribution in [-0.2, 0) is 11.2 Å². The highest BCUT2D eigenvalue weighted by molar-refractivity contribution is 8.00. The number of aryl methyl sites for hydroxylation is 1. The molecule has 0 aliphatic heterocycles. The zero-order chi connectivity index (χ0) is 13.7. The molecular weight excluding hydrogens is 260 g/mol. The van der Waals surface area contributed by atoms with Gasteiger partial charge in [-0.25, -0.2) is 9.97 Å². The van der Waals surface area contributed by atoms with Gasteiger partial charge in [-0.3, -0.25) is 4.79 Å². The molecule has 98 valence electrons. The van der Waals surface area contributed by atoms with Gasteiger partial charge in [0, 0.05) is 11.9 Å². The first-order chi connectivity index (χ1) is 9.15. The molecule has 0 aliphatic carbocycles. The maximum absolute atomic E-state index is 11.3. The molecule has 0 saturated carbocycles. The third-order valence-corrected chi connectivity index (χ3v) is 3.62. The lowest BCUT2D eigenvalue weighted by atomic mass is 10.1. The van der Waals surface area contributed by atoms with Crippen molar-refractivity contribution in [2.75, 3.05) is 0 Å². The van der Waals surface area contributed by atoms with Gasteiger partial charge in [0.2, 0.25) is 0 Å². The topological polar surface area (TPSA) is 63.1 Å². The molecule has 0 fully saturated rings. The molecule has 1 unspecified atom stereocenters. The lowest BCUT2D eigenvalue weighted by Gasteiger charge is -2.11. The van der Waals surface area contributed by atoms with Crippen LogP contribution < -0.4 is 0 Å². The Morgan fingerprint density at radius 1 is 1.32 bits per heavy atom. The Balaban J connectivity index is 2.11. The Bertz CT molecular complexity index is 560. The minimum absolute atomic E-state index is 0.456. The van der Waals surface area contributed by atoms with Crippen molar-refractivity contribution < 1.29 is 9.90 Å². The number of carboxylic acids is 1. The molecule has 2 aromatic rings. The Hall–Kier alpha value is -1.88. The molecule has 1 aromatic carbocycles. The Morgan fingerprint density at radius 2 is 2.05 bits per heavy atom. The van der Waals surface area contributed by atoms with E-state index in [0.29, 0.717) is 11.6 Å². The van der Waals surface area contributed by atoms with E-state index in [1.807, 2.05) is 37.3 Å². The van der Waals surface area contributed by atoms with Crippen LogP contribution in [0.2, 0.25) is 0 Å². The van der Waals surface area contributed by atoms with E-state index in [1.165, 1.54) is 11.8 Å². The minimum Gasteiger partial charge on any atom is -0.480 e. The minimum atomic E-state index is -0.848. The van der Waals surface area contributed by atoms with Crippen molar-refractivity contribution in [2.24, 2.45) is 0 Å². The van der Waals surface area contributed by atoms with Crippen LogP contribution in [0.15, 0.2) is 47.8 Å². The van der Waals surface area contributed by atoms with E-state index >= 15 is 0 Å². The SMILES string of the molecule is Cc1ccnc(SC(Cc2ccccc2)C(=O)O)n1. The molecule has 0 aliphatic rings. The van der Waals surface area contributed by atoms with Crippen molar-refractivity contribution in [3.8, 4) is 0 Å². The van der Waals surface area contributed by atoms with Gasteiger partial charge < -0.3 is 5.11 Å². The molecule has 0 bridgehead atoms. The van der Waals surface area contributed by atoms with Crippen LogP contribution in [0.4, 0.5) is 0 Å². The summed E-state index contributed by atoms with van der Waals surface area (Å²) in [5.74, 6) is -0.848. The monoisotopic (exact) mass is 274 g/mol. The highest BCUT2D eigenvalue weighted by Gasteiger charge is 2.20. The number of carbonyl (C=O) groups is 1. The van der Waals surface area contributed by atoms with E-state index in [1.54, 1.807) is 12.3 Å². The normalized spacial score (nSPS) is 12.1. The first-order valence-corrected chi connectivity index (χ1v) is 6.76. The van der Waals surface area contributed by atoms with Gasteiger partial charge in [0.1, 0.15) is 5.25 Å². The predicted molar refractivity (Wildman–Crippen MR) is 74.2 cm³/mol. The van der Waals surface area contributed by atoms with E-state index in [-0.39, 0.29) is 0 Å². The quantitative estimate of drug-likeness (QED) is 0.670. The number of hydrogen-bond donors (Lipinski definition) is 1. The predicted octanol–water partition coefficient (Wildman–Crippen LogP) is 2.57. The largest absolute Gasteiger partial charge is 0.480 e. The number of hydrogen-bond acceptors (Lipinski definition) is 4. The molecule has 4 nitrogen and oxygen atoms in total. The van der Waals surface area contributed by atoms with Gasteiger partial charge in [-0.2, -0.15) is 0 Å². The molecule has 1 N–H and O–H groups in total. The summed E-state index contributed by atoms with van der Waals surface area (Å²) in [4.78, 5) is 19.6. The molecule has 1 atom stereocenters. The molecule has 19 heavy (non-hydrogen) atoms. The molecule has 1 heterocycles. The summed E-state index contributed by atoms with van der Waals surface area (Å²) in [6, 6.07) is 11.4. The molecule has 2 rings (SSSR count). The third-order valence-electron chi connectivity index (χ3n) is 2.56. The van der Waals surface area contributed by atoms with Crippen LogP contribution in [0, 0.1) is 6.92 Å². The maximum atomic E-state index is 11.3. The molecule has 0 saturated heterocycles. The van der Waals surface area contributed by atoms with Crippen molar-refractivity contribution in [1.82, 2.24) is 9.97 Å². The van der Waals surface area contributed by atoms with E-state index in [2.05, 4.69) is 9.97 Å². The van der Waals surface area contributed by atoms with Gasteiger partial charge >= 0.3 is 5.97 Å². The molecule has 0 amide bonds. The summed E-state index contributed by atoms with van der Waals surface area (Å²) in [6.45, 7) is 1.86. The van der Waals surface area contributed by atoms with Gasteiger partial charge in [-0.1, -0.05) is 42.1 Å². The Kier molecular flexibility index (Phi) is 4.52. The highest BCUT2D eigenvalue weighted by atomic mass is 32.2. The highest BCUT2D eigenvalue weighted by Crippen LogP contribution is 2.23. The van der Waals surface area contributed by atoms with Crippen LogP contribution >= 0.6 is 11.8 Å². The maximum Gasteiger partial charge on any atom is 0.317 e. The number of rotatable bonds is 5. The number of thioether (sulfide) groups is 1. The van der Waals surface area contributed by atoms with Crippen LogP contribution in [-0.4, -0.2) is 26.3 Å². The van der Waals surface area contributed by atoms with E-state index in [0.717, 1.165) is 11.3 Å². The summed E-state index contributed by atoms with van der Waals surface area (Å²) in [5.41, 5.74) is 1.83. The Morgan fingerprint density at radius 3 is 2.68 bits per heavy atom. The van der Waals surface area contributed by atoms with Crippen molar-refractivity contribution in [3.63, 3.8) is 0 Å². The Labute approximate surface area is 115 Å². The van der Waals surface area contributed by atoms with E-state index < -0.39 is 11.2 Å². The fourth-order valence-corrected chi connectivity index (χ4v) is 2.57. The van der Waals surface area contributed by atoms with Crippen LogP contribution in [0.25, 0.3) is 0 Å². The number of benzene rings is 1. The van der Waals surface area contributed by atoms with Crippen molar-refractivity contribution in [1.29, 1.82) is 0 Å². The van der Waals surface area contributed by atoms with Crippen molar-refractivity contribution in [2.45, 2.75) is 23.8 Å². The second-order valence-electron chi connectivity index (χ2n) is 4.12. The second-order valence-corrected chi connectivity index (χ2v) is 5.28. The zero-order valence-corrected chi connectivity index (χ0v) is 11.3. The smallest absolute Gasteiger partial charge is 0.317 e. The third kappa shape index (κ3) is 4.06. The van der Waals surface area contributed by atoms with Crippen LogP contribution in [0.5, 0.6) is 0 Å². The summed E-state index contributed by atoms with van der Waals surface area (Å²) in [7, 11) is 0. The number of aromatic nitrogens is 2. The van der Waals surface area contributed by atoms with Crippen molar-refractivity contribution in [3.05, 3.63) is 53.9 Å². The van der Waals surface area contributed by atoms with Crippen LogP contribution in [0.1, 0.15) is 11.3 Å². The van der Waals surface area contributed by atoms with Crippen molar-refractivity contribution >= 4 is 17.7 Å². The van der Waals surface area contributed by atoms with E-state index in [9.17, 15) is 9.90 Å². The number of carboxylic acid groups (broad SMARTS) is 1. The summed E-state index contributed by atoms with van der Waals surface area (Å²) >= 11 is 1.18. The summed E-state index contributed by atoms with van der Waals surface area (Å²) < 4.78 is 0. The summed E-state index contributed by atoms with van der Waals surface area (Å²) in [5, 5.41) is 9.21. The molecule has 0 spiro atoms. The van der Waals surface area contributed by atoms with Crippen LogP contribution in [0.3, 0.4) is 0 Å². The summed E-state index contributed by atoms with van der Waals surface area (Å²) in [6.07, 6.45) is 2.10. The van der Waals surface area contributed by atoms with Gasteiger partial charge in [0.25, 0.3) is 0 Å². The lowest BCUT2D eigenvalue weighted by molar-refractivity contribution is -0.136. The number of nitrogens with zero attached hydrogens (tertiary/aromatic N) is 2. The van der Waals surface area contributed by atoms with E-state index in [4.69, 9.17) is 0 Å². The molecule has 0 radical (unpaired) electrons. The number of aliphatic carboxylic acids is 1. The molecule has 1 aromatic heterocycles. The van der Waals surface area contributed by atoms with Gasteiger partial charge in [-0.05, 0) is 25.0 Å². The second kappa shape index (κ2) is 6.33. The average Bonchev–Trinajstić information content (AvgIpc) is 2.39. The zero-order valence-electron chi connectivity index (χ0n) is 10.5. The first-order valence-electron chi connectivity index (χ1n) is 5.88. The first kappa shape index (κ1) is 13.5. The van der Waals surface area contributed by atoms with Gasteiger partial charge in [-0.15, -0.1) is 0 Å².